The molecule has 0 fully saturated rings. The van der Waals surface area contributed by atoms with Crippen LogP contribution in [0.15, 0.2) is 23.1 Å². The van der Waals surface area contributed by atoms with Gasteiger partial charge in [0.25, 0.3) is 0 Å². The van der Waals surface area contributed by atoms with Crippen LogP contribution in [-0.4, -0.2) is 21.7 Å². The molecule has 0 bridgehead atoms. The van der Waals surface area contributed by atoms with Gasteiger partial charge in [-0.3, -0.25) is 9.11 Å². The topological polar surface area (TPSA) is 129 Å². The van der Waals surface area contributed by atoms with Crippen molar-refractivity contribution in [2.45, 2.75) is 4.90 Å². The van der Waals surface area contributed by atoms with E-state index in [2.05, 4.69) is 9.16 Å². The molecule has 0 radical (unpaired) electrons. The Morgan fingerprint density at radius 3 is 2.50 bits per heavy atom. The molecule has 1 aromatic carbocycles. The van der Waals surface area contributed by atoms with Crippen LogP contribution in [0.4, 0.5) is 5.69 Å². The van der Waals surface area contributed by atoms with Gasteiger partial charge in [-0.1, -0.05) is 0 Å². The van der Waals surface area contributed by atoms with Crippen LogP contribution in [-0.2, 0) is 21.5 Å². The summed E-state index contributed by atoms with van der Waals surface area (Å²) in [6.07, 6.45) is 0. The molecule has 0 heterocycles. The summed E-state index contributed by atoms with van der Waals surface area (Å²) in [5.41, 5.74) is -0.509. The van der Waals surface area contributed by atoms with Gasteiger partial charge in [-0.2, -0.15) is 12.6 Å². The Labute approximate surface area is 92.7 Å². The number of rotatable bonds is 3. The SMILES string of the molecule is N#[N+]c1cc(OS(=O)O)ccc1S(=O)(=O)O. The first-order chi connectivity index (χ1) is 7.34. The van der Waals surface area contributed by atoms with Gasteiger partial charge < -0.3 is 4.18 Å². The smallest absolute Gasteiger partial charge is 0.380 e. The monoisotopic (exact) mass is 265 g/mol. The molecule has 0 saturated heterocycles. The van der Waals surface area contributed by atoms with Crippen molar-refractivity contribution < 1.29 is 25.9 Å². The molecule has 0 aliphatic carbocycles. The third-order valence-corrected chi connectivity index (χ3v) is 2.72. The lowest BCUT2D eigenvalue weighted by Crippen LogP contribution is -2.00. The van der Waals surface area contributed by atoms with Gasteiger partial charge in [-0.05, 0) is 12.1 Å². The predicted molar refractivity (Wildman–Crippen MR) is 52.4 cm³/mol. The molecule has 0 saturated carbocycles. The zero-order chi connectivity index (χ0) is 12.3. The summed E-state index contributed by atoms with van der Waals surface area (Å²) in [5.74, 6) is -0.193. The Kier molecular flexibility index (Phi) is 3.55. The van der Waals surface area contributed by atoms with Crippen molar-refractivity contribution in [1.82, 2.24) is 0 Å². The lowest BCUT2D eigenvalue weighted by atomic mass is 10.3. The molecule has 0 amide bonds. The second-order valence-corrected chi connectivity index (χ2v) is 4.50. The first kappa shape index (κ1) is 12.5. The van der Waals surface area contributed by atoms with Crippen LogP contribution < -0.4 is 4.18 Å². The van der Waals surface area contributed by atoms with Crippen molar-refractivity contribution in [3.8, 4) is 5.75 Å². The molecule has 0 spiro atoms. The van der Waals surface area contributed by atoms with Crippen LogP contribution in [0.1, 0.15) is 0 Å². The number of hydrogen-bond donors (Lipinski definition) is 2. The number of nitrogens with zero attached hydrogens (tertiary/aromatic N) is 2. The van der Waals surface area contributed by atoms with Crippen molar-refractivity contribution in [2.75, 3.05) is 0 Å². The first-order valence-electron chi connectivity index (χ1n) is 3.60. The molecule has 1 atom stereocenters. The molecule has 8 nitrogen and oxygen atoms in total. The summed E-state index contributed by atoms with van der Waals surface area (Å²) < 4.78 is 53.3. The minimum atomic E-state index is -4.54. The van der Waals surface area contributed by atoms with Crippen molar-refractivity contribution in [1.29, 1.82) is 5.39 Å². The Hall–Kier alpha value is -1.54. The van der Waals surface area contributed by atoms with Crippen LogP contribution in [0.25, 0.3) is 4.98 Å². The van der Waals surface area contributed by atoms with Gasteiger partial charge in [-0.25, -0.2) is 0 Å². The van der Waals surface area contributed by atoms with Crippen LogP contribution in [0.3, 0.4) is 0 Å². The zero-order valence-electron chi connectivity index (χ0n) is 7.47. The lowest BCUT2D eigenvalue weighted by molar-refractivity contribution is 0.458. The van der Waals surface area contributed by atoms with E-state index >= 15 is 0 Å². The maximum atomic E-state index is 10.8. The highest BCUT2D eigenvalue weighted by Gasteiger charge is 2.25. The molecule has 0 aliphatic rings. The van der Waals surface area contributed by atoms with Gasteiger partial charge >= 0.3 is 27.2 Å². The summed E-state index contributed by atoms with van der Waals surface area (Å²) in [6.45, 7) is 0. The number of diazo groups is 1. The minimum absolute atomic E-state index is 0.193. The van der Waals surface area contributed by atoms with E-state index in [4.69, 9.17) is 14.5 Å². The van der Waals surface area contributed by atoms with Gasteiger partial charge in [0.05, 0.1) is 6.07 Å². The molecule has 1 rings (SSSR count). The Morgan fingerprint density at radius 1 is 1.44 bits per heavy atom. The van der Waals surface area contributed by atoms with Crippen LogP contribution in [0.5, 0.6) is 5.75 Å². The third kappa shape index (κ3) is 2.97. The standard InChI is InChI=1S/C6H4N2O6S2/c7-8-5-3-4(14-15(9)10)1-2-6(5)16(11,12)13/h1-3H,(H-,9,10,11,12,13)/p+1. The molecule has 1 aromatic rings. The quantitative estimate of drug-likeness (QED) is 0.472. The molecule has 10 heteroatoms. The van der Waals surface area contributed by atoms with Gasteiger partial charge in [0.1, 0.15) is 0 Å². The Morgan fingerprint density at radius 2 is 2.06 bits per heavy atom. The van der Waals surface area contributed by atoms with E-state index in [1.807, 2.05) is 0 Å². The maximum absolute atomic E-state index is 10.8. The normalized spacial score (nSPS) is 12.8. The van der Waals surface area contributed by atoms with Crippen molar-refractivity contribution in [3.63, 3.8) is 0 Å². The maximum Gasteiger partial charge on any atom is 0.409 e. The van der Waals surface area contributed by atoms with Gasteiger partial charge in [-0.15, -0.1) is 0 Å². The Bertz CT molecular complexity index is 575. The molecule has 2 N–H and O–H groups in total. The van der Waals surface area contributed by atoms with Crippen LogP contribution in [0.2, 0.25) is 0 Å². The fourth-order valence-corrected chi connectivity index (χ4v) is 1.80. The highest BCUT2D eigenvalue weighted by Crippen LogP contribution is 2.28. The fourth-order valence-electron chi connectivity index (χ4n) is 0.928. The largest absolute Gasteiger partial charge is 0.409 e. The van der Waals surface area contributed by atoms with E-state index in [0.717, 1.165) is 18.2 Å². The van der Waals surface area contributed by atoms with Crippen LogP contribution in [0, 0.1) is 5.39 Å². The summed E-state index contributed by atoms with van der Waals surface area (Å²) in [7, 11) is -4.54. The van der Waals surface area contributed by atoms with E-state index < -0.39 is 32.1 Å². The van der Waals surface area contributed by atoms with E-state index in [0.29, 0.717) is 0 Å². The molecular formula is C6H5N2O6S2+. The molecular weight excluding hydrogens is 260 g/mol. The van der Waals surface area contributed by atoms with Gasteiger partial charge in [0.2, 0.25) is 5.39 Å². The van der Waals surface area contributed by atoms with E-state index in [9.17, 15) is 12.6 Å². The highest BCUT2D eigenvalue weighted by molar-refractivity contribution is 7.86. The fraction of sp³-hybridized carbons (Fsp3) is 0. The number of hydrogen-bond acceptors (Lipinski definition) is 5. The average Bonchev–Trinajstić information content (AvgIpc) is 2.14. The summed E-state index contributed by atoms with van der Waals surface area (Å²) >= 11 is -2.59. The Balaban J connectivity index is 3.29. The average molecular weight is 265 g/mol. The molecule has 0 aliphatic heterocycles. The predicted octanol–water partition coefficient (Wildman–Crippen LogP) is 0.933. The minimum Gasteiger partial charge on any atom is -0.380 e. The second-order valence-electron chi connectivity index (χ2n) is 2.51. The third-order valence-electron chi connectivity index (χ3n) is 1.48. The van der Waals surface area contributed by atoms with E-state index in [-0.39, 0.29) is 5.75 Å². The van der Waals surface area contributed by atoms with E-state index in [1.165, 1.54) is 0 Å². The first-order valence-corrected chi connectivity index (χ1v) is 6.07. The van der Waals surface area contributed by atoms with Crippen LogP contribution >= 0.6 is 0 Å². The number of benzene rings is 1. The molecule has 1 unspecified atom stereocenters. The molecule has 86 valence electrons. The molecule has 16 heavy (non-hydrogen) atoms. The van der Waals surface area contributed by atoms with Gasteiger partial charge in [0.15, 0.2) is 15.6 Å². The zero-order valence-corrected chi connectivity index (χ0v) is 9.10. The second kappa shape index (κ2) is 4.54. The molecule has 0 aromatic heterocycles. The van der Waals surface area contributed by atoms with Crippen molar-refractivity contribution in [3.05, 3.63) is 23.2 Å². The summed E-state index contributed by atoms with van der Waals surface area (Å²) in [6, 6.07) is 2.76. The lowest BCUT2D eigenvalue weighted by Gasteiger charge is -1.98. The van der Waals surface area contributed by atoms with Gasteiger partial charge in [0, 0.05) is 0 Å². The highest BCUT2D eigenvalue weighted by atomic mass is 32.2. The van der Waals surface area contributed by atoms with E-state index in [1.54, 1.807) is 0 Å². The van der Waals surface area contributed by atoms with Crippen molar-refractivity contribution in [2.24, 2.45) is 0 Å². The van der Waals surface area contributed by atoms with Crippen molar-refractivity contribution >= 4 is 27.2 Å². The summed E-state index contributed by atoms with van der Waals surface area (Å²) in [5, 5.41) is 8.50. The summed E-state index contributed by atoms with van der Waals surface area (Å²) in [4.78, 5) is 1.96.